The maximum atomic E-state index is 13.0. The normalized spacial score (nSPS) is 11.8. The lowest BCUT2D eigenvalue weighted by molar-refractivity contribution is -0.935. The van der Waals surface area contributed by atoms with Gasteiger partial charge in [0.15, 0.2) is 9.84 Å². The summed E-state index contributed by atoms with van der Waals surface area (Å²) in [6, 6.07) is 16.0. The number of benzene rings is 2. The SMILES string of the molecule is CC[N+](CC)(CCS(=O)(=O)c1c(C)cccc1C)Cc1ccccc1.[Br-]. The summed E-state index contributed by atoms with van der Waals surface area (Å²) in [5.41, 5.74) is 2.94. The van der Waals surface area contributed by atoms with Crippen molar-refractivity contribution in [3.8, 4) is 0 Å². The van der Waals surface area contributed by atoms with Crippen LogP contribution in [0.15, 0.2) is 53.4 Å². The van der Waals surface area contributed by atoms with Crippen LogP contribution in [0.4, 0.5) is 0 Å². The highest BCUT2D eigenvalue weighted by Gasteiger charge is 2.28. The third-order valence-corrected chi connectivity index (χ3v) is 7.24. The Bertz CT molecular complexity index is 780. The Labute approximate surface area is 169 Å². The van der Waals surface area contributed by atoms with Gasteiger partial charge in [0.1, 0.15) is 12.3 Å². The van der Waals surface area contributed by atoms with Crippen LogP contribution in [0.3, 0.4) is 0 Å². The summed E-state index contributed by atoms with van der Waals surface area (Å²) in [6.45, 7) is 11.4. The van der Waals surface area contributed by atoms with Gasteiger partial charge in [-0.2, -0.15) is 0 Å². The molecule has 0 N–H and O–H groups in total. The van der Waals surface area contributed by atoms with Crippen molar-refractivity contribution < 1.29 is 29.9 Å². The quantitative estimate of drug-likeness (QED) is 0.577. The second kappa shape index (κ2) is 9.67. The Morgan fingerprint density at radius 3 is 1.88 bits per heavy atom. The molecule has 26 heavy (non-hydrogen) atoms. The fourth-order valence-electron chi connectivity index (χ4n) is 3.52. The summed E-state index contributed by atoms with van der Waals surface area (Å²) in [5, 5.41) is 0. The molecule has 5 heteroatoms. The Kier molecular flexibility index (Phi) is 8.51. The van der Waals surface area contributed by atoms with E-state index in [1.807, 2.05) is 50.2 Å². The molecule has 0 saturated heterocycles. The van der Waals surface area contributed by atoms with Gasteiger partial charge < -0.3 is 21.5 Å². The van der Waals surface area contributed by atoms with Gasteiger partial charge in [-0.3, -0.25) is 0 Å². The second-order valence-electron chi connectivity index (χ2n) is 6.88. The predicted molar refractivity (Wildman–Crippen MR) is 104 cm³/mol. The highest BCUT2D eigenvalue weighted by molar-refractivity contribution is 7.91. The van der Waals surface area contributed by atoms with Crippen LogP contribution < -0.4 is 17.0 Å². The zero-order valence-electron chi connectivity index (χ0n) is 16.2. The van der Waals surface area contributed by atoms with Gasteiger partial charge in [-0.15, -0.1) is 0 Å². The molecule has 0 aliphatic heterocycles. The van der Waals surface area contributed by atoms with E-state index in [0.717, 1.165) is 35.2 Å². The molecule has 0 fully saturated rings. The van der Waals surface area contributed by atoms with Crippen LogP contribution in [0.5, 0.6) is 0 Å². The summed E-state index contributed by atoms with van der Waals surface area (Å²) in [6.07, 6.45) is 0. The molecule has 0 radical (unpaired) electrons. The molecule has 2 aromatic carbocycles. The number of hydrogen-bond acceptors (Lipinski definition) is 2. The molecule has 2 aromatic rings. The molecule has 0 aliphatic rings. The van der Waals surface area contributed by atoms with Crippen molar-refractivity contribution in [1.29, 1.82) is 0 Å². The molecule has 3 nitrogen and oxygen atoms in total. The smallest absolute Gasteiger partial charge is 0.184 e. The Balaban J connectivity index is 0.00000338. The molecule has 2 rings (SSSR count). The molecular weight excluding hydrogens is 410 g/mol. The number of nitrogens with zero attached hydrogens (tertiary/aromatic N) is 1. The van der Waals surface area contributed by atoms with Gasteiger partial charge in [0.2, 0.25) is 0 Å². The van der Waals surface area contributed by atoms with E-state index in [2.05, 4.69) is 26.0 Å². The summed E-state index contributed by atoms with van der Waals surface area (Å²) < 4.78 is 26.8. The molecular formula is C21H30BrNO2S. The minimum atomic E-state index is -3.28. The van der Waals surface area contributed by atoms with E-state index in [0.29, 0.717) is 11.4 Å². The molecule has 0 amide bonds. The number of rotatable bonds is 8. The molecule has 0 saturated carbocycles. The fraction of sp³-hybridized carbons (Fsp3) is 0.429. The van der Waals surface area contributed by atoms with Crippen LogP contribution in [0.1, 0.15) is 30.5 Å². The maximum absolute atomic E-state index is 13.0. The predicted octanol–water partition coefficient (Wildman–Crippen LogP) is 1.14. The molecule has 0 aromatic heterocycles. The second-order valence-corrected chi connectivity index (χ2v) is 8.93. The zero-order valence-corrected chi connectivity index (χ0v) is 18.6. The van der Waals surface area contributed by atoms with Gasteiger partial charge in [0.05, 0.1) is 24.5 Å². The van der Waals surface area contributed by atoms with Crippen LogP contribution in [-0.4, -0.2) is 38.3 Å². The van der Waals surface area contributed by atoms with E-state index in [1.54, 1.807) is 0 Å². The van der Waals surface area contributed by atoms with Crippen LogP contribution in [0, 0.1) is 13.8 Å². The number of hydrogen-bond donors (Lipinski definition) is 0. The topological polar surface area (TPSA) is 34.1 Å². The zero-order chi connectivity index (χ0) is 18.5. The van der Waals surface area contributed by atoms with E-state index >= 15 is 0 Å². The third kappa shape index (κ3) is 5.41. The lowest BCUT2D eigenvalue weighted by Gasteiger charge is -2.37. The standard InChI is InChI=1S/C21H30NO2S.BrH/c1-5-22(6-2,17-20-13-8-7-9-14-20)15-16-25(23,24)21-18(3)11-10-12-19(21)4;/h7-14H,5-6,15-17H2,1-4H3;1H/q+1;/p-1. The highest BCUT2D eigenvalue weighted by Crippen LogP contribution is 2.23. The van der Waals surface area contributed by atoms with E-state index in [4.69, 9.17) is 0 Å². The van der Waals surface area contributed by atoms with Crippen molar-refractivity contribution in [3.05, 3.63) is 65.2 Å². The summed E-state index contributed by atoms with van der Waals surface area (Å²) in [5.74, 6) is 0.188. The van der Waals surface area contributed by atoms with Crippen LogP contribution in [0.25, 0.3) is 0 Å². The molecule has 0 atom stereocenters. The van der Waals surface area contributed by atoms with E-state index in [1.165, 1.54) is 5.56 Å². The van der Waals surface area contributed by atoms with Crippen LogP contribution in [-0.2, 0) is 16.4 Å². The maximum Gasteiger partial charge on any atom is 0.184 e. The van der Waals surface area contributed by atoms with Crippen LogP contribution >= 0.6 is 0 Å². The van der Waals surface area contributed by atoms with Gasteiger partial charge in [-0.05, 0) is 38.8 Å². The van der Waals surface area contributed by atoms with Gasteiger partial charge >= 0.3 is 0 Å². The summed E-state index contributed by atoms with van der Waals surface area (Å²) in [7, 11) is -3.28. The lowest BCUT2D eigenvalue weighted by Crippen LogP contribution is -3.00. The fourth-order valence-corrected chi connectivity index (χ4v) is 5.47. The first kappa shape index (κ1) is 22.9. The van der Waals surface area contributed by atoms with E-state index in [9.17, 15) is 8.42 Å². The Hall–Kier alpha value is -1.17. The first-order valence-electron chi connectivity index (χ1n) is 9.01. The van der Waals surface area contributed by atoms with Crippen molar-refractivity contribution >= 4 is 9.84 Å². The minimum Gasteiger partial charge on any atom is -1.00 e. The first-order valence-corrected chi connectivity index (χ1v) is 10.7. The van der Waals surface area contributed by atoms with Gasteiger partial charge in [-0.1, -0.05) is 48.5 Å². The number of quaternary nitrogens is 1. The van der Waals surface area contributed by atoms with Gasteiger partial charge in [0.25, 0.3) is 0 Å². The number of halogens is 1. The summed E-state index contributed by atoms with van der Waals surface area (Å²) in [4.78, 5) is 0.514. The molecule has 0 aliphatic carbocycles. The van der Waals surface area contributed by atoms with Gasteiger partial charge in [-0.25, -0.2) is 8.42 Å². The lowest BCUT2D eigenvalue weighted by atomic mass is 10.2. The van der Waals surface area contributed by atoms with E-state index in [-0.39, 0.29) is 22.7 Å². The van der Waals surface area contributed by atoms with Crippen LogP contribution in [0.2, 0.25) is 0 Å². The Morgan fingerprint density at radius 2 is 1.38 bits per heavy atom. The van der Waals surface area contributed by atoms with Crippen molar-refractivity contribution in [1.82, 2.24) is 0 Å². The average molecular weight is 440 g/mol. The van der Waals surface area contributed by atoms with Gasteiger partial charge in [0, 0.05) is 5.56 Å². The van der Waals surface area contributed by atoms with Crippen molar-refractivity contribution in [2.75, 3.05) is 25.4 Å². The summed E-state index contributed by atoms with van der Waals surface area (Å²) >= 11 is 0. The van der Waals surface area contributed by atoms with E-state index < -0.39 is 9.84 Å². The Morgan fingerprint density at radius 1 is 0.846 bits per heavy atom. The minimum absolute atomic E-state index is 0. The molecule has 0 unspecified atom stereocenters. The van der Waals surface area contributed by atoms with Crippen molar-refractivity contribution in [2.24, 2.45) is 0 Å². The largest absolute Gasteiger partial charge is 1.00 e. The number of sulfone groups is 1. The molecule has 0 bridgehead atoms. The monoisotopic (exact) mass is 439 g/mol. The molecule has 144 valence electrons. The third-order valence-electron chi connectivity index (χ3n) is 5.26. The van der Waals surface area contributed by atoms with Crippen molar-refractivity contribution in [3.63, 3.8) is 0 Å². The van der Waals surface area contributed by atoms with Crippen molar-refractivity contribution in [2.45, 2.75) is 39.1 Å². The molecule has 0 heterocycles. The first-order chi connectivity index (χ1) is 11.8. The highest BCUT2D eigenvalue weighted by atomic mass is 79.9. The number of aryl methyl sites for hydroxylation is 2. The molecule has 0 spiro atoms. The average Bonchev–Trinajstić information content (AvgIpc) is 2.59.